The van der Waals surface area contributed by atoms with Gasteiger partial charge in [-0.25, -0.2) is 14.4 Å². The molecule has 9 nitrogen and oxygen atoms in total. The Balaban J connectivity index is 2.91. The molecule has 2 unspecified atom stereocenters. The normalized spacial score (nSPS) is 22.9. The van der Waals surface area contributed by atoms with E-state index in [9.17, 15) is 24.6 Å². The van der Waals surface area contributed by atoms with Gasteiger partial charge in [0.15, 0.2) is 12.2 Å². The number of hydrogen-bond donors (Lipinski definition) is 3. The Labute approximate surface area is 182 Å². The summed E-state index contributed by atoms with van der Waals surface area (Å²) < 4.78 is 16.1. The van der Waals surface area contributed by atoms with E-state index in [-0.39, 0.29) is 0 Å². The predicted octanol–water partition coefficient (Wildman–Crippen LogP) is 1.53. The highest BCUT2D eigenvalue weighted by molar-refractivity contribution is 5.82. The highest BCUT2D eigenvalue weighted by Gasteiger charge is 2.49. The molecule has 0 aromatic carbocycles. The predicted molar refractivity (Wildman–Crippen MR) is 111 cm³/mol. The molecule has 5 atom stereocenters. The van der Waals surface area contributed by atoms with Crippen LogP contribution >= 0.6 is 0 Å². The first-order valence-electron chi connectivity index (χ1n) is 10.0. The van der Waals surface area contributed by atoms with Crippen molar-refractivity contribution >= 4 is 17.9 Å². The minimum Gasteiger partial charge on any atom is -0.478 e. The lowest BCUT2D eigenvalue weighted by atomic mass is 9.99. The number of esters is 2. The van der Waals surface area contributed by atoms with Crippen molar-refractivity contribution in [2.45, 2.75) is 70.6 Å². The number of ether oxygens (including phenoxy) is 3. The van der Waals surface area contributed by atoms with Crippen LogP contribution in [0.15, 0.2) is 36.5 Å². The first-order chi connectivity index (χ1) is 14.3. The molecule has 0 bridgehead atoms. The van der Waals surface area contributed by atoms with Crippen LogP contribution in [0.5, 0.6) is 0 Å². The van der Waals surface area contributed by atoms with Crippen molar-refractivity contribution in [3.63, 3.8) is 0 Å². The van der Waals surface area contributed by atoms with Gasteiger partial charge in [-0.2, -0.15) is 0 Å². The molecule has 0 saturated carbocycles. The molecule has 0 spiro atoms. The summed E-state index contributed by atoms with van der Waals surface area (Å²) in [5, 5.41) is 28.3. The van der Waals surface area contributed by atoms with Crippen LogP contribution in [0.2, 0.25) is 0 Å². The molecule has 1 rings (SSSR count). The average molecular weight is 440 g/mol. The standard InChI is InChI=1S/C22H32O9/c1-6-14(2)17(31-20(27)18(25)21(3,4)28)19(26)30-15(22(5)13-29-22)11-9-7-8-10-12-16(23)24/h7-12,14-15,17-18,25,28H,6,13H2,1-5H3,(H,23,24)/b8-7+,11-9-,12-10+/t14-,15?,17+,18?,22+/m0/s1. The molecular formula is C22H32O9. The lowest BCUT2D eigenvalue weighted by molar-refractivity contribution is -0.186. The monoisotopic (exact) mass is 440 g/mol. The van der Waals surface area contributed by atoms with Gasteiger partial charge < -0.3 is 29.5 Å². The van der Waals surface area contributed by atoms with Gasteiger partial charge in [0.1, 0.15) is 5.60 Å². The Bertz CT molecular complexity index is 726. The molecule has 31 heavy (non-hydrogen) atoms. The van der Waals surface area contributed by atoms with E-state index in [1.807, 2.05) is 6.92 Å². The molecule has 0 aliphatic carbocycles. The zero-order valence-electron chi connectivity index (χ0n) is 18.5. The number of hydrogen-bond acceptors (Lipinski definition) is 8. The summed E-state index contributed by atoms with van der Waals surface area (Å²) in [7, 11) is 0. The first kappa shape index (κ1) is 26.5. The number of allylic oxidation sites excluding steroid dienone is 4. The molecule has 0 amide bonds. The van der Waals surface area contributed by atoms with E-state index in [2.05, 4.69) is 0 Å². The van der Waals surface area contributed by atoms with Gasteiger partial charge in [0.05, 0.1) is 12.2 Å². The zero-order valence-corrected chi connectivity index (χ0v) is 18.5. The van der Waals surface area contributed by atoms with Crippen LogP contribution in [0.4, 0.5) is 0 Å². The van der Waals surface area contributed by atoms with Crippen LogP contribution in [0.1, 0.15) is 41.0 Å². The maximum Gasteiger partial charge on any atom is 0.348 e. The van der Waals surface area contributed by atoms with Crippen molar-refractivity contribution in [2.24, 2.45) is 5.92 Å². The van der Waals surface area contributed by atoms with Gasteiger partial charge in [0.25, 0.3) is 0 Å². The Morgan fingerprint density at radius 1 is 1.13 bits per heavy atom. The molecule has 0 radical (unpaired) electrons. The third kappa shape index (κ3) is 8.64. The van der Waals surface area contributed by atoms with E-state index in [1.54, 1.807) is 32.1 Å². The van der Waals surface area contributed by atoms with E-state index in [1.165, 1.54) is 26.0 Å². The molecule has 0 aromatic heterocycles. The second kappa shape index (κ2) is 11.2. The average Bonchev–Trinajstić information content (AvgIpc) is 3.43. The summed E-state index contributed by atoms with van der Waals surface area (Å²) in [4.78, 5) is 35.5. The molecule has 1 aliphatic heterocycles. The summed E-state index contributed by atoms with van der Waals surface area (Å²) >= 11 is 0. The first-order valence-corrected chi connectivity index (χ1v) is 10.0. The van der Waals surface area contributed by atoms with E-state index in [4.69, 9.17) is 19.3 Å². The highest BCUT2D eigenvalue weighted by Crippen LogP contribution is 2.33. The fourth-order valence-corrected chi connectivity index (χ4v) is 2.36. The smallest absolute Gasteiger partial charge is 0.348 e. The fourth-order valence-electron chi connectivity index (χ4n) is 2.36. The van der Waals surface area contributed by atoms with Gasteiger partial charge >= 0.3 is 17.9 Å². The largest absolute Gasteiger partial charge is 0.478 e. The van der Waals surface area contributed by atoms with Crippen LogP contribution in [-0.2, 0) is 28.6 Å². The van der Waals surface area contributed by atoms with Crippen molar-refractivity contribution in [1.29, 1.82) is 0 Å². The van der Waals surface area contributed by atoms with Gasteiger partial charge in [-0.15, -0.1) is 0 Å². The number of carboxylic acid groups (broad SMARTS) is 1. The molecule has 1 fully saturated rings. The number of aliphatic carboxylic acids is 1. The van der Waals surface area contributed by atoms with Crippen molar-refractivity contribution in [3.05, 3.63) is 36.5 Å². The second-order valence-corrected chi connectivity index (χ2v) is 8.23. The lowest BCUT2D eigenvalue weighted by Crippen LogP contribution is -2.47. The molecule has 174 valence electrons. The van der Waals surface area contributed by atoms with E-state index < -0.39 is 53.3 Å². The van der Waals surface area contributed by atoms with Gasteiger partial charge in [0.2, 0.25) is 6.10 Å². The molecule has 1 saturated heterocycles. The van der Waals surface area contributed by atoms with Crippen molar-refractivity contribution in [2.75, 3.05) is 6.61 Å². The third-order valence-electron chi connectivity index (χ3n) is 4.83. The maximum absolute atomic E-state index is 12.8. The Kier molecular flexibility index (Phi) is 9.61. The summed E-state index contributed by atoms with van der Waals surface area (Å²) in [6.45, 7) is 8.13. The molecular weight excluding hydrogens is 408 g/mol. The van der Waals surface area contributed by atoms with Crippen LogP contribution in [0.25, 0.3) is 0 Å². The van der Waals surface area contributed by atoms with Gasteiger partial charge in [-0.05, 0) is 33.3 Å². The van der Waals surface area contributed by atoms with Crippen LogP contribution in [0.3, 0.4) is 0 Å². The molecule has 1 heterocycles. The van der Waals surface area contributed by atoms with E-state index in [0.717, 1.165) is 6.08 Å². The molecule has 3 N–H and O–H groups in total. The second-order valence-electron chi connectivity index (χ2n) is 8.23. The highest BCUT2D eigenvalue weighted by atomic mass is 16.6. The molecule has 9 heteroatoms. The van der Waals surface area contributed by atoms with E-state index in [0.29, 0.717) is 13.0 Å². The van der Waals surface area contributed by atoms with Crippen LogP contribution in [0, 0.1) is 5.92 Å². The topological polar surface area (TPSA) is 143 Å². The maximum atomic E-state index is 12.8. The third-order valence-corrected chi connectivity index (χ3v) is 4.83. The van der Waals surface area contributed by atoms with Gasteiger partial charge in [-0.1, -0.05) is 38.2 Å². The summed E-state index contributed by atoms with van der Waals surface area (Å²) in [5.41, 5.74) is -2.46. The van der Waals surface area contributed by atoms with Crippen LogP contribution in [-0.4, -0.2) is 69.3 Å². The van der Waals surface area contributed by atoms with Crippen molar-refractivity contribution < 1.29 is 43.9 Å². The fraction of sp³-hybridized carbons (Fsp3) is 0.591. The molecule has 1 aliphatic rings. The number of carbonyl (C=O) groups excluding carboxylic acids is 2. The number of aliphatic hydroxyl groups is 2. The SMILES string of the molecule is CC[C@H](C)[C@@H](OC(=O)C(O)C(C)(C)O)C(=O)OC(\C=C/C=C/C=C/C(=O)O)[C@@]1(C)CO1. The zero-order chi connectivity index (χ0) is 23.8. The van der Waals surface area contributed by atoms with Gasteiger partial charge in [0, 0.05) is 12.0 Å². The van der Waals surface area contributed by atoms with Gasteiger partial charge in [-0.3, -0.25) is 0 Å². The number of carbonyl (C=O) groups is 3. The lowest BCUT2D eigenvalue weighted by Gasteiger charge is -2.28. The van der Waals surface area contributed by atoms with Crippen molar-refractivity contribution in [1.82, 2.24) is 0 Å². The summed E-state index contributed by atoms with van der Waals surface area (Å²) in [6.07, 6.45) is 5.17. The molecule has 0 aromatic rings. The summed E-state index contributed by atoms with van der Waals surface area (Å²) in [5.74, 6) is -3.39. The Morgan fingerprint density at radius 2 is 1.71 bits per heavy atom. The quantitative estimate of drug-likeness (QED) is 0.178. The minimum atomic E-state index is -1.82. The van der Waals surface area contributed by atoms with Crippen molar-refractivity contribution in [3.8, 4) is 0 Å². The number of carboxylic acids is 1. The number of epoxide rings is 1. The summed E-state index contributed by atoms with van der Waals surface area (Å²) in [6, 6.07) is 0. The Hall–Kier alpha value is -2.49. The Morgan fingerprint density at radius 3 is 2.19 bits per heavy atom. The number of aliphatic hydroxyl groups excluding tert-OH is 1. The van der Waals surface area contributed by atoms with Crippen LogP contribution < -0.4 is 0 Å². The van der Waals surface area contributed by atoms with E-state index >= 15 is 0 Å². The minimum absolute atomic E-state index is 0.364. The number of rotatable bonds is 12.